The molecule has 0 saturated heterocycles. The number of hydrogen-bond acceptors (Lipinski definition) is 5. The molecule has 3 rings (SSSR count). The zero-order valence-electron chi connectivity index (χ0n) is 13.3. The molecule has 2 N–H and O–H groups in total. The highest BCUT2D eigenvalue weighted by molar-refractivity contribution is 7.99. The van der Waals surface area contributed by atoms with Gasteiger partial charge in [-0.2, -0.15) is 27.5 Å². The maximum atomic E-state index is 9.88. The molecule has 0 saturated carbocycles. The van der Waals surface area contributed by atoms with Crippen LogP contribution in [0, 0.1) is 52.2 Å². The number of aryl methyl sites for hydroxylation is 1. The largest absolute Gasteiger partial charge is 0.399 e. The predicted molar refractivity (Wildman–Crippen MR) is 93.3 cm³/mol. The molecule has 2 atom stereocenters. The summed E-state index contributed by atoms with van der Waals surface area (Å²) in [7, 11) is 0. The van der Waals surface area contributed by atoms with Gasteiger partial charge in [-0.3, -0.25) is 0 Å². The highest BCUT2D eigenvalue weighted by Crippen LogP contribution is 2.54. The summed E-state index contributed by atoms with van der Waals surface area (Å²) in [6, 6.07) is 14.3. The van der Waals surface area contributed by atoms with Crippen molar-refractivity contribution in [2.75, 3.05) is 11.5 Å². The minimum Gasteiger partial charge on any atom is -0.399 e. The molecule has 0 bridgehead atoms. The number of allylic oxidation sites excluding steroid dienone is 3. The Kier molecular flexibility index (Phi) is 4.10. The predicted octanol–water partition coefficient (Wildman–Crippen LogP) is 3.15. The van der Waals surface area contributed by atoms with Crippen LogP contribution in [0.1, 0.15) is 17.0 Å². The molecule has 1 aliphatic heterocycles. The number of hydrogen-bond donors (Lipinski definition) is 1. The summed E-state index contributed by atoms with van der Waals surface area (Å²) in [5, 5.41) is 29.3. The van der Waals surface area contributed by atoms with Crippen molar-refractivity contribution in [3.63, 3.8) is 0 Å². The second kappa shape index (κ2) is 6.08. The van der Waals surface area contributed by atoms with Crippen molar-refractivity contribution in [2.24, 2.45) is 17.1 Å². The second-order valence-electron chi connectivity index (χ2n) is 6.12. The third-order valence-corrected chi connectivity index (χ3v) is 5.87. The van der Waals surface area contributed by atoms with E-state index in [2.05, 4.69) is 18.2 Å². The first-order valence-corrected chi connectivity index (χ1v) is 8.82. The van der Waals surface area contributed by atoms with Crippen LogP contribution >= 0.6 is 11.8 Å². The molecule has 1 aromatic rings. The summed E-state index contributed by atoms with van der Waals surface area (Å²) >= 11 is 1.75. The van der Waals surface area contributed by atoms with Crippen LogP contribution in [0.3, 0.4) is 0 Å². The van der Waals surface area contributed by atoms with E-state index in [1.807, 2.05) is 37.3 Å². The van der Waals surface area contributed by atoms with Crippen molar-refractivity contribution < 1.29 is 0 Å². The van der Waals surface area contributed by atoms with E-state index < -0.39 is 5.41 Å². The van der Waals surface area contributed by atoms with Crippen molar-refractivity contribution in [1.29, 1.82) is 15.8 Å². The summed E-state index contributed by atoms with van der Waals surface area (Å²) in [6.45, 7) is 2.00. The number of nitrogens with zero attached hydrogens (tertiary/aromatic N) is 3. The van der Waals surface area contributed by atoms with Crippen LogP contribution in [0.5, 0.6) is 0 Å². The average molecular weight is 332 g/mol. The first kappa shape index (κ1) is 16.2. The van der Waals surface area contributed by atoms with Gasteiger partial charge in [0.15, 0.2) is 5.41 Å². The molecule has 1 aromatic carbocycles. The van der Waals surface area contributed by atoms with Gasteiger partial charge < -0.3 is 5.73 Å². The van der Waals surface area contributed by atoms with Gasteiger partial charge >= 0.3 is 0 Å². The summed E-state index contributed by atoms with van der Waals surface area (Å²) in [4.78, 5) is 0. The van der Waals surface area contributed by atoms with Crippen LogP contribution in [0.25, 0.3) is 0 Å². The Morgan fingerprint density at radius 2 is 1.83 bits per heavy atom. The van der Waals surface area contributed by atoms with Crippen molar-refractivity contribution >= 4 is 11.8 Å². The molecule has 5 heteroatoms. The van der Waals surface area contributed by atoms with Gasteiger partial charge in [-0.05, 0) is 18.1 Å². The lowest BCUT2D eigenvalue weighted by Gasteiger charge is -2.43. The van der Waals surface area contributed by atoms with Crippen LogP contribution < -0.4 is 5.73 Å². The average Bonchev–Trinajstić information content (AvgIpc) is 2.62. The Morgan fingerprint density at radius 3 is 2.42 bits per heavy atom. The van der Waals surface area contributed by atoms with E-state index in [-0.39, 0.29) is 17.5 Å². The minimum absolute atomic E-state index is 0.0623. The maximum Gasteiger partial charge on any atom is 0.191 e. The molecule has 2 aliphatic rings. The molecular weight excluding hydrogens is 316 g/mol. The number of rotatable bonds is 1. The molecule has 1 aliphatic carbocycles. The number of thioether (sulfide) groups is 1. The topological polar surface area (TPSA) is 97.4 Å². The number of benzene rings is 1. The van der Waals surface area contributed by atoms with E-state index in [0.717, 1.165) is 28.2 Å². The Labute approximate surface area is 145 Å². The van der Waals surface area contributed by atoms with Crippen molar-refractivity contribution in [2.45, 2.75) is 12.8 Å². The molecule has 4 nitrogen and oxygen atoms in total. The van der Waals surface area contributed by atoms with E-state index in [9.17, 15) is 15.8 Å². The Morgan fingerprint density at radius 1 is 1.17 bits per heavy atom. The second-order valence-corrected chi connectivity index (χ2v) is 7.20. The summed E-state index contributed by atoms with van der Waals surface area (Å²) in [5.41, 5.74) is 8.03. The fourth-order valence-electron chi connectivity index (χ4n) is 3.64. The van der Waals surface area contributed by atoms with Crippen LogP contribution in [0.2, 0.25) is 0 Å². The van der Waals surface area contributed by atoms with Crippen molar-refractivity contribution in [1.82, 2.24) is 0 Å². The third-order valence-electron chi connectivity index (χ3n) is 4.87. The van der Waals surface area contributed by atoms with E-state index in [4.69, 9.17) is 5.73 Å². The fourth-order valence-corrected chi connectivity index (χ4v) is 4.69. The maximum absolute atomic E-state index is 9.88. The van der Waals surface area contributed by atoms with Gasteiger partial charge in [-0.25, -0.2) is 0 Å². The number of fused-ring (bicyclic) bond motifs is 1. The van der Waals surface area contributed by atoms with E-state index in [0.29, 0.717) is 5.57 Å². The fraction of sp³-hybridized carbons (Fsp3) is 0.316. The number of nitriles is 3. The lowest BCUT2D eigenvalue weighted by atomic mass is 9.59. The number of nitrogens with two attached hydrogens (primary N) is 1. The third kappa shape index (κ3) is 2.20. The van der Waals surface area contributed by atoms with Gasteiger partial charge in [0, 0.05) is 23.3 Å². The first-order chi connectivity index (χ1) is 11.6. The Balaban J connectivity index is 2.31. The van der Waals surface area contributed by atoms with Crippen molar-refractivity contribution in [3.8, 4) is 18.2 Å². The first-order valence-electron chi connectivity index (χ1n) is 7.66. The summed E-state index contributed by atoms with van der Waals surface area (Å²) < 4.78 is 0. The normalized spacial score (nSPS) is 24.8. The van der Waals surface area contributed by atoms with E-state index in [1.165, 1.54) is 0 Å². The summed E-state index contributed by atoms with van der Waals surface area (Å²) in [6.07, 6.45) is 2.02. The van der Waals surface area contributed by atoms with Crippen LogP contribution in [-0.2, 0) is 0 Å². The van der Waals surface area contributed by atoms with Crippen LogP contribution in [-0.4, -0.2) is 11.5 Å². The SMILES string of the molecule is Cc1ccc([C@@H]2[C@@H]3CSCC=C3C(C#N)=C(N)C2(C#N)C#N)cc1. The molecule has 0 unspecified atom stereocenters. The summed E-state index contributed by atoms with van der Waals surface area (Å²) in [5.74, 6) is 1.15. The lowest BCUT2D eigenvalue weighted by molar-refractivity contribution is 0.368. The standard InChI is InChI=1S/C19H16N4S/c1-12-2-4-13(5-3-12)17-16-9-24-7-6-14(16)15(8-20)18(23)19(17,10-21)11-22/h2-6,16-17H,7,9,23H2,1H3/t16-,17-/m1/s1. The molecule has 0 fully saturated rings. The van der Waals surface area contributed by atoms with Crippen LogP contribution in [0.15, 0.2) is 47.2 Å². The molecule has 0 amide bonds. The van der Waals surface area contributed by atoms with Gasteiger partial charge in [0.1, 0.15) is 6.07 Å². The smallest absolute Gasteiger partial charge is 0.191 e. The highest BCUT2D eigenvalue weighted by Gasteiger charge is 2.53. The zero-order chi connectivity index (χ0) is 17.3. The van der Waals surface area contributed by atoms with E-state index >= 15 is 0 Å². The molecule has 118 valence electrons. The van der Waals surface area contributed by atoms with E-state index in [1.54, 1.807) is 11.8 Å². The van der Waals surface area contributed by atoms with Crippen LogP contribution in [0.4, 0.5) is 0 Å². The monoisotopic (exact) mass is 332 g/mol. The van der Waals surface area contributed by atoms with Gasteiger partial charge in [0.2, 0.25) is 0 Å². The molecule has 1 heterocycles. The van der Waals surface area contributed by atoms with Gasteiger partial charge in [-0.1, -0.05) is 35.9 Å². The van der Waals surface area contributed by atoms with Crippen molar-refractivity contribution in [3.05, 3.63) is 58.3 Å². The lowest BCUT2D eigenvalue weighted by Crippen LogP contribution is -2.43. The molecule has 0 aromatic heterocycles. The highest BCUT2D eigenvalue weighted by atomic mass is 32.2. The van der Waals surface area contributed by atoms with Gasteiger partial charge in [-0.15, -0.1) is 0 Å². The quantitative estimate of drug-likeness (QED) is 0.852. The molecule has 0 radical (unpaired) electrons. The Bertz CT molecular complexity index is 845. The molecule has 24 heavy (non-hydrogen) atoms. The molecular formula is C19H16N4S. The Hall–Kier alpha value is -2.68. The molecule has 0 spiro atoms. The van der Waals surface area contributed by atoms with Gasteiger partial charge in [0.25, 0.3) is 0 Å². The zero-order valence-corrected chi connectivity index (χ0v) is 14.1. The minimum atomic E-state index is -1.51. The van der Waals surface area contributed by atoms with Gasteiger partial charge in [0.05, 0.1) is 23.4 Å².